The zero-order valence-corrected chi connectivity index (χ0v) is 19.6. The fourth-order valence-electron chi connectivity index (χ4n) is 5.55. The van der Waals surface area contributed by atoms with Crippen molar-refractivity contribution in [2.45, 2.75) is 70.5 Å². The minimum absolute atomic E-state index is 0.0520. The lowest BCUT2D eigenvalue weighted by Crippen LogP contribution is -2.42. The van der Waals surface area contributed by atoms with Crippen LogP contribution in [0, 0.1) is 5.92 Å². The second kappa shape index (κ2) is 9.08. The zero-order valence-electron chi connectivity index (χ0n) is 19.6. The number of aliphatic carboxylic acids is 1. The molecule has 1 aliphatic carbocycles. The molecule has 5 rings (SSSR count). The number of ether oxygens (including phenoxy) is 1. The quantitative estimate of drug-likeness (QED) is 0.611. The topological polar surface area (TPSA) is 115 Å². The number of hydrogen-bond acceptors (Lipinski definition) is 6. The van der Waals surface area contributed by atoms with Crippen LogP contribution in [0.3, 0.4) is 0 Å². The fourth-order valence-corrected chi connectivity index (χ4v) is 5.55. The monoisotopic (exact) mass is 466 g/mol. The van der Waals surface area contributed by atoms with E-state index in [9.17, 15) is 14.7 Å². The lowest BCUT2D eigenvalue weighted by atomic mass is 9.86. The minimum atomic E-state index is -0.704. The first-order valence-corrected chi connectivity index (χ1v) is 11.9. The number of hydrogen-bond donors (Lipinski definition) is 1. The number of methoxy groups -OCH3 is 1. The Bertz CT molecular complexity index is 1200. The van der Waals surface area contributed by atoms with Crippen molar-refractivity contribution in [3.05, 3.63) is 35.9 Å². The number of fused-ring (bicyclic) bond motifs is 3. The summed E-state index contributed by atoms with van der Waals surface area (Å²) in [7, 11) is 1.41. The van der Waals surface area contributed by atoms with Crippen LogP contribution < -0.4 is 4.90 Å². The van der Waals surface area contributed by atoms with E-state index in [2.05, 4.69) is 14.8 Å². The minimum Gasteiger partial charge on any atom is -0.481 e. The van der Waals surface area contributed by atoms with Crippen molar-refractivity contribution in [2.75, 3.05) is 12.0 Å². The molecule has 1 amide bonds. The van der Waals surface area contributed by atoms with Crippen molar-refractivity contribution in [2.24, 2.45) is 5.92 Å². The van der Waals surface area contributed by atoms with Crippen LogP contribution in [0.5, 0.6) is 0 Å². The molecule has 0 unspecified atom stereocenters. The molecule has 0 radical (unpaired) electrons. The lowest BCUT2D eigenvalue weighted by Gasteiger charge is -2.34. The van der Waals surface area contributed by atoms with Crippen LogP contribution in [0.2, 0.25) is 0 Å². The molecule has 34 heavy (non-hydrogen) atoms. The molecule has 10 heteroatoms. The average Bonchev–Trinajstić information content (AvgIpc) is 3.49. The van der Waals surface area contributed by atoms with Gasteiger partial charge in [-0.15, -0.1) is 0 Å². The molecule has 180 valence electrons. The number of amides is 1. The number of rotatable bonds is 5. The van der Waals surface area contributed by atoms with Gasteiger partial charge in [0.25, 0.3) is 0 Å². The Balaban J connectivity index is 1.56. The van der Waals surface area contributed by atoms with Crippen LogP contribution in [-0.4, -0.2) is 54.9 Å². The molecule has 1 aliphatic heterocycles. The second-order valence-electron chi connectivity index (χ2n) is 9.28. The largest absolute Gasteiger partial charge is 0.481 e. The van der Waals surface area contributed by atoms with Crippen LogP contribution in [-0.2, 0) is 28.9 Å². The molecule has 2 aliphatic rings. The molecule has 1 aromatic carbocycles. The van der Waals surface area contributed by atoms with Gasteiger partial charge in [0.05, 0.1) is 48.7 Å². The number of aryl methyl sites for hydroxylation is 3. The molecule has 3 aromatic rings. The Kier molecular flexibility index (Phi) is 5.97. The fraction of sp³-hybridized carbons (Fsp3) is 0.542. The first-order valence-electron chi connectivity index (χ1n) is 11.9. The number of carboxylic acid groups (broad SMARTS) is 1. The Hall–Kier alpha value is -3.43. The van der Waals surface area contributed by atoms with Crippen molar-refractivity contribution in [3.63, 3.8) is 0 Å². The third-order valence-electron chi connectivity index (χ3n) is 7.31. The Morgan fingerprint density at radius 1 is 1.12 bits per heavy atom. The van der Waals surface area contributed by atoms with Gasteiger partial charge < -0.3 is 14.4 Å². The average molecular weight is 467 g/mol. The summed E-state index contributed by atoms with van der Waals surface area (Å²) < 4.78 is 7.36. The summed E-state index contributed by atoms with van der Waals surface area (Å²) in [6, 6.07) is 4.30. The van der Waals surface area contributed by atoms with Crippen molar-refractivity contribution in [1.29, 1.82) is 0 Å². The normalized spacial score (nSPS) is 22.5. The molecule has 2 aromatic heterocycles. The van der Waals surface area contributed by atoms with Gasteiger partial charge in [0.2, 0.25) is 0 Å². The maximum atomic E-state index is 12.5. The maximum absolute atomic E-state index is 12.5. The molecule has 1 N–H and O–H groups in total. The van der Waals surface area contributed by atoms with E-state index in [0.717, 1.165) is 53.8 Å². The number of benzene rings is 1. The molecule has 0 saturated heterocycles. The van der Waals surface area contributed by atoms with E-state index in [1.807, 2.05) is 19.1 Å². The first-order chi connectivity index (χ1) is 16.5. The Morgan fingerprint density at radius 3 is 2.53 bits per heavy atom. The van der Waals surface area contributed by atoms with Gasteiger partial charge in [0, 0.05) is 24.1 Å². The van der Waals surface area contributed by atoms with Crippen molar-refractivity contribution in [1.82, 2.24) is 24.5 Å². The third-order valence-corrected chi connectivity index (χ3v) is 7.31. The molecule has 10 nitrogen and oxygen atoms in total. The third kappa shape index (κ3) is 3.91. The molecular formula is C24H30N6O4. The predicted octanol–water partition coefficient (Wildman–Crippen LogP) is 3.59. The summed E-state index contributed by atoms with van der Waals surface area (Å²) >= 11 is 0. The summed E-state index contributed by atoms with van der Waals surface area (Å²) in [4.78, 5) is 32.5. The van der Waals surface area contributed by atoms with Gasteiger partial charge in [-0.25, -0.2) is 9.78 Å². The maximum Gasteiger partial charge on any atom is 0.414 e. The predicted molar refractivity (Wildman–Crippen MR) is 125 cm³/mol. The number of carbonyl (C=O) groups excluding carboxylic acids is 1. The number of carboxylic acids is 1. The zero-order chi connectivity index (χ0) is 23.8. The highest BCUT2D eigenvalue weighted by molar-refractivity contribution is 5.95. The summed E-state index contributed by atoms with van der Waals surface area (Å²) in [5, 5.41) is 17.9. The van der Waals surface area contributed by atoms with E-state index in [1.54, 1.807) is 22.1 Å². The van der Waals surface area contributed by atoms with Gasteiger partial charge >= 0.3 is 12.1 Å². The van der Waals surface area contributed by atoms with Crippen molar-refractivity contribution >= 4 is 28.8 Å². The highest BCUT2D eigenvalue weighted by atomic mass is 16.5. The van der Waals surface area contributed by atoms with E-state index in [-0.39, 0.29) is 24.1 Å². The van der Waals surface area contributed by atoms with Gasteiger partial charge in [-0.2, -0.15) is 15.0 Å². The molecule has 0 spiro atoms. The van der Waals surface area contributed by atoms with Crippen molar-refractivity contribution < 1.29 is 19.4 Å². The van der Waals surface area contributed by atoms with E-state index in [4.69, 9.17) is 9.72 Å². The van der Waals surface area contributed by atoms with Crippen molar-refractivity contribution in [3.8, 4) is 0 Å². The second-order valence-corrected chi connectivity index (χ2v) is 9.28. The summed E-state index contributed by atoms with van der Waals surface area (Å²) in [6.45, 7) is 2.64. The summed E-state index contributed by atoms with van der Waals surface area (Å²) in [6.07, 6.45) is 8.24. The van der Waals surface area contributed by atoms with Gasteiger partial charge in [0.1, 0.15) is 5.82 Å². The number of aromatic nitrogens is 5. The van der Waals surface area contributed by atoms with Gasteiger partial charge in [-0.3, -0.25) is 9.69 Å². The first kappa shape index (κ1) is 22.4. The van der Waals surface area contributed by atoms with Gasteiger partial charge in [0.15, 0.2) is 0 Å². The molecular weight excluding hydrogens is 436 g/mol. The molecule has 1 atom stereocenters. The number of anilines is 1. The van der Waals surface area contributed by atoms with Crippen LogP contribution in [0.4, 0.5) is 10.5 Å². The van der Waals surface area contributed by atoms with Gasteiger partial charge in [-0.1, -0.05) is 0 Å². The highest BCUT2D eigenvalue weighted by Gasteiger charge is 2.33. The number of imidazole rings is 1. The number of carbonyl (C=O) groups is 2. The molecule has 1 fully saturated rings. The smallest absolute Gasteiger partial charge is 0.414 e. The molecule has 3 heterocycles. The van der Waals surface area contributed by atoms with Crippen LogP contribution >= 0.6 is 0 Å². The van der Waals surface area contributed by atoms with E-state index in [0.29, 0.717) is 25.8 Å². The van der Waals surface area contributed by atoms with E-state index >= 15 is 0 Å². The highest BCUT2D eigenvalue weighted by Crippen LogP contribution is 2.40. The summed E-state index contributed by atoms with van der Waals surface area (Å²) in [5.41, 5.74) is 3.89. The molecule has 0 bridgehead atoms. The Labute approximate surface area is 197 Å². The number of nitrogens with zero attached hydrogens (tertiary/aromatic N) is 6. The SMILES string of the molecule is COC(=O)N1c2ccc3c(nc(CCn4nccn4)n3C3CCC(C(=O)O)CC3)c2CC[C@@H]1C. The summed E-state index contributed by atoms with van der Waals surface area (Å²) in [5.74, 6) is -0.0293. The standard InChI is InChI=1S/C24H30N6O4/c1-15-3-8-18-19(29(15)24(33)34-2)9-10-20-22(18)27-21(11-14-28-25-12-13-26-28)30(20)17-6-4-16(5-7-17)23(31)32/h9-10,12-13,15-17H,3-8,11,14H2,1-2H3,(H,31,32)/t15-,16?,17?/m0/s1. The lowest BCUT2D eigenvalue weighted by molar-refractivity contribution is -0.143. The van der Waals surface area contributed by atoms with E-state index < -0.39 is 5.97 Å². The van der Waals surface area contributed by atoms with Crippen LogP contribution in [0.15, 0.2) is 24.5 Å². The Morgan fingerprint density at radius 2 is 1.85 bits per heavy atom. The van der Waals surface area contributed by atoms with E-state index in [1.165, 1.54) is 7.11 Å². The van der Waals surface area contributed by atoms with Gasteiger partial charge in [-0.05, 0) is 57.6 Å². The van der Waals surface area contributed by atoms with Crippen LogP contribution in [0.1, 0.15) is 56.5 Å². The molecule has 1 saturated carbocycles. The van der Waals surface area contributed by atoms with Crippen LogP contribution in [0.25, 0.3) is 11.0 Å².